The van der Waals surface area contributed by atoms with E-state index in [2.05, 4.69) is 32.9 Å². The van der Waals surface area contributed by atoms with Crippen LogP contribution in [0, 0.1) is 17.0 Å². The molecular formula is C24H39NO3. The molecule has 158 valence electrons. The predicted octanol–water partition coefficient (Wildman–Crippen LogP) is 5.75. The summed E-state index contributed by atoms with van der Waals surface area (Å²) in [5.74, 6) is -0.101. The Morgan fingerprint density at radius 1 is 1.00 bits per heavy atom. The highest BCUT2D eigenvalue weighted by Crippen LogP contribution is 2.44. The van der Waals surface area contributed by atoms with Crippen molar-refractivity contribution < 1.29 is 14.2 Å². The fourth-order valence-electron chi connectivity index (χ4n) is 5.20. The lowest BCUT2D eigenvalue weighted by molar-refractivity contribution is -0.503. The molecular weight excluding hydrogens is 350 g/mol. The molecule has 0 spiro atoms. The number of fused-ring (bicyclic) bond motifs is 1. The monoisotopic (exact) mass is 389 g/mol. The van der Waals surface area contributed by atoms with Gasteiger partial charge in [0, 0.05) is 24.7 Å². The van der Waals surface area contributed by atoms with Crippen molar-refractivity contribution in [2.24, 2.45) is 11.8 Å². The highest BCUT2D eigenvalue weighted by Gasteiger charge is 2.50. The third-order valence-electron chi connectivity index (χ3n) is 6.59. The minimum absolute atomic E-state index is 0.0349. The lowest BCUT2D eigenvalue weighted by atomic mass is 9.72. The Hall–Kier alpha value is -1.13. The summed E-state index contributed by atoms with van der Waals surface area (Å²) in [7, 11) is 0. The van der Waals surface area contributed by atoms with Crippen molar-refractivity contribution in [3.63, 3.8) is 0 Å². The van der Waals surface area contributed by atoms with Gasteiger partial charge < -0.3 is 14.7 Å². The van der Waals surface area contributed by atoms with Crippen LogP contribution >= 0.6 is 0 Å². The fourth-order valence-corrected chi connectivity index (χ4v) is 5.20. The van der Waals surface area contributed by atoms with Gasteiger partial charge in [-0.15, -0.1) is 0 Å². The Morgan fingerprint density at radius 2 is 1.71 bits per heavy atom. The molecule has 2 saturated carbocycles. The Kier molecular flexibility index (Phi) is 7.03. The second-order valence-corrected chi connectivity index (χ2v) is 9.67. The van der Waals surface area contributed by atoms with Crippen molar-refractivity contribution in [3.8, 4) is 0 Å². The molecule has 4 nitrogen and oxygen atoms in total. The summed E-state index contributed by atoms with van der Waals surface area (Å²) in [6, 6.07) is 0.166. The van der Waals surface area contributed by atoms with Crippen LogP contribution < -0.4 is 0 Å². The number of hydrogen-bond donors (Lipinski definition) is 0. The number of rotatable bonds is 5. The number of ether oxygens (including phenoxy) is 2. The molecule has 1 heterocycles. The van der Waals surface area contributed by atoms with E-state index in [-0.39, 0.29) is 30.1 Å². The molecule has 3 fully saturated rings. The first-order chi connectivity index (χ1) is 13.3. The lowest BCUT2D eigenvalue weighted by Gasteiger charge is -2.37. The molecule has 0 aromatic heterocycles. The Morgan fingerprint density at radius 3 is 2.39 bits per heavy atom. The average Bonchev–Trinajstić information content (AvgIpc) is 2.95. The molecule has 0 radical (unpaired) electrons. The molecule has 0 amide bonds. The standard InChI is InChI=1S/C24H39NO3/c1-17(2)10-9-11-18(3)22-19(16-25(26)20-12-7-6-8-13-20)14-15-21-23(22)28-24(4,5)27-21/h10-11,16,19-23H,6-9,12-15H2,1-5H3/b18-11+,25-16-/t19-,21-,22-,23-/m1/s1. The number of nitrogens with zero attached hydrogens (tertiary/aromatic N) is 1. The van der Waals surface area contributed by atoms with Gasteiger partial charge in [-0.05, 0) is 66.7 Å². The maximum Gasteiger partial charge on any atom is 0.163 e. The first-order valence-electron chi connectivity index (χ1n) is 11.2. The molecule has 3 rings (SSSR count). The van der Waals surface area contributed by atoms with Crippen LogP contribution in [0.25, 0.3) is 0 Å². The van der Waals surface area contributed by atoms with Gasteiger partial charge in [0.05, 0.1) is 12.2 Å². The molecule has 28 heavy (non-hydrogen) atoms. The zero-order valence-electron chi connectivity index (χ0n) is 18.4. The van der Waals surface area contributed by atoms with Crippen molar-refractivity contribution in [3.05, 3.63) is 28.5 Å². The van der Waals surface area contributed by atoms with Crippen LogP contribution in [0.1, 0.15) is 86.0 Å². The molecule has 3 aliphatic rings. The molecule has 0 aromatic carbocycles. The molecule has 0 bridgehead atoms. The maximum absolute atomic E-state index is 12.9. The van der Waals surface area contributed by atoms with Gasteiger partial charge in [-0.1, -0.05) is 29.7 Å². The number of hydroxylamine groups is 1. The van der Waals surface area contributed by atoms with Crippen molar-refractivity contribution >= 4 is 6.21 Å². The van der Waals surface area contributed by atoms with E-state index in [4.69, 9.17) is 9.47 Å². The minimum atomic E-state index is -0.539. The van der Waals surface area contributed by atoms with E-state index in [0.29, 0.717) is 0 Å². The van der Waals surface area contributed by atoms with Crippen LogP contribution in [0.3, 0.4) is 0 Å². The van der Waals surface area contributed by atoms with E-state index in [1.807, 2.05) is 20.1 Å². The van der Waals surface area contributed by atoms with E-state index >= 15 is 0 Å². The Bertz CT molecular complexity index is 624. The largest absolute Gasteiger partial charge is 0.624 e. The maximum atomic E-state index is 12.9. The second kappa shape index (κ2) is 9.13. The Labute approximate surface area is 171 Å². The third-order valence-corrected chi connectivity index (χ3v) is 6.59. The van der Waals surface area contributed by atoms with Crippen LogP contribution in [0.5, 0.6) is 0 Å². The van der Waals surface area contributed by atoms with Gasteiger partial charge in [-0.25, -0.2) is 4.74 Å². The fraction of sp³-hybridized carbons (Fsp3) is 0.792. The first kappa shape index (κ1) is 21.6. The SMILES string of the molecule is CC(C)=CC/C=C(\C)[C@H]1[C@@H]2OC(C)(C)O[C@@H]2CC[C@@H]1/C=[N+](\[O-])C1CCCCC1. The summed E-state index contributed by atoms with van der Waals surface area (Å²) in [5.41, 5.74) is 2.66. The van der Waals surface area contributed by atoms with Crippen molar-refractivity contribution in [2.75, 3.05) is 0 Å². The van der Waals surface area contributed by atoms with E-state index in [1.54, 1.807) is 0 Å². The average molecular weight is 390 g/mol. The molecule has 1 saturated heterocycles. The normalized spacial score (nSPS) is 34.2. The van der Waals surface area contributed by atoms with Gasteiger partial charge in [-0.3, -0.25) is 0 Å². The van der Waals surface area contributed by atoms with Crippen LogP contribution in [-0.4, -0.2) is 35.0 Å². The van der Waals surface area contributed by atoms with Gasteiger partial charge in [0.25, 0.3) is 0 Å². The molecule has 1 aliphatic heterocycles. The van der Waals surface area contributed by atoms with E-state index < -0.39 is 5.79 Å². The van der Waals surface area contributed by atoms with E-state index in [0.717, 1.165) is 32.1 Å². The molecule has 4 atom stereocenters. The highest BCUT2D eigenvalue weighted by molar-refractivity contribution is 5.57. The summed E-state index contributed by atoms with van der Waals surface area (Å²) in [6.45, 7) is 10.5. The van der Waals surface area contributed by atoms with Crippen molar-refractivity contribution in [1.82, 2.24) is 0 Å². The van der Waals surface area contributed by atoms with Gasteiger partial charge in [0.2, 0.25) is 0 Å². The van der Waals surface area contributed by atoms with Crippen LogP contribution in [0.4, 0.5) is 0 Å². The van der Waals surface area contributed by atoms with Gasteiger partial charge in [-0.2, -0.15) is 0 Å². The zero-order chi connectivity index (χ0) is 20.3. The smallest absolute Gasteiger partial charge is 0.163 e. The molecule has 2 aliphatic carbocycles. The van der Waals surface area contributed by atoms with Crippen LogP contribution in [0.15, 0.2) is 23.3 Å². The van der Waals surface area contributed by atoms with Gasteiger partial charge >= 0.3 is 0 Å². The molecule has 0 N–H and O–H groups in total. The van der Waals surface area contributed by atoms with Crippen LogP contribution in [0.2, 0.25) is 0 Å². The minimum Gasteiger partial charge on any atom is -0.624 e. The second-order valence-electron chi connectivity index (χ2n) is 9.67. The number of allylic oxidation sites excluding steroid dienone is 3. The number of hydrogen-bond acceptors (Lipinski definition) is 3. The third kappa shape index (κ3) is 5.27. The van der Waals surface area contributed by atoms with Gasteiger partial charge in [0.15, 0.2) is 18.0 Å². The summed E-state index contributed by atoms with van der Waals surface area (Å²) in [4.78, 5) is 0. The van der Waals surface area contributed by atoms with Gasteiger partial charge in [0.1, 0.15) is 0 Å². The van der Waals surface area contributed by atoms with Crippen molar-refractivity contribution in [1.29, 1.82) is 0 Å². The topological polar surface area (TPSA) is 44.5 Å². The highest BCUT2D eigenvalue weighted by atomic mass is 16.8. The summed E-state index contributed by atoms with van der Waals surface area (Å²) in [6.07, 6.45) is 15.3. The van der Waals surface area contributed by atoms with E-state index in [1.165, 1.54) is 35.1 Å². The molecule has 4 heteroatoms. The quantitative estimate of drug-likeness (QED) is 0.198. The predicted molar refractivity (Wildman–Crippen MR) is 114 cm³/mol. The summed E-state index contributed by atoms with van der Waals surface area (Å²) in [5, 5.41) is 12.9. The van der Waals surface area contributed by atoms with E-state index in [9.17, 15) is 5.21 Å². The Balaban J connectivity index is 1.83. The summed E-state index contributed by atoms with van der Waals surface area (Å²) < 4.78 is 13.8. The van der Waals surface area contributed by atoms with Crippen molar-refractivity contribution in [2.45, 2.75) is 110 Å². The summed E-state index contributed by atoms with van der Waals surface area (Å²) >= 11 is 0. The first-order valence-corrected chi connectivity index (χ1v) is 11.2. The zero-order valence-corrected chi connectivity index (χ0v) is 18.4. The van der Waals surface area contributed by atoms with Crippen LogP contribution in [-0.2, 0) is 9.47 Å². The molecule has 0 unspecified atom stereocenters. The molecule has 0 aromatic rings. The lowest BCUT2D eigenvalue weighted by Crippen LogP contribution is -2.43.